The van der Waals surface area contributed by atoms with Crippen molar-refractivity contribution in [2.24, 2.45) is 0 Å². The Hall–Kier alpha value is -1.27. The van der Waals surface area contributed by atoms with Crippen molar-refractivity contribution in [3.05, 3.63) is 56.4 Å². The lowest BCUT2D eigenvalue weighted by atomic mass is 10.2. The minimum atomic E-state index is -0.408. The molecule has 0 radical (unpaired) electrons. The maximum Gasteiger partial charge on any atom is 0.256 e. The first-order valence-electron chi connectivity index (χ1n) is 5.36. The number of aromatic nitrogens is 1. The second-order valence-electron chi connectivity index (χ2n) is 3.90. The molecule has 19 heavy (non-hydrogen) atoms. The van der Waals surface area contributed by atoms with E-state index in [-0.39, 0.29) is 10.4 Å². The van der Waals surface area contributed by atoms with Gasteiger partial charge in [0.2, 0.25) is 0 Å². The Morgan fingerprint density at radius 3 is 2.68 bits per heavy atom. The number of rotatable bonds is 2. The summed E-state index contributed by atoms with van der Waals surface area (Å²) in [5.74, 6) is -0.262. The molecule has 2 rings (SSSR count). The third-order valence-electron chi connectivity index (χ3n) is 2.46. The van der Waals surface area contributed by atoms with E-state index in [0.29, 0.717) is 11.4 Å². The van der Waals surface area contributed by atoms with E-state index >= 15 is 0 Å². The third-order valence-corrected chi connectivity index (χ3v) is 3.50. The van der Waals surface area contributed by atoms with Crippen molar-refractivity contribution >= 4 is 43.6 Å². The van der Waals surface area contributed by atoms with Crippen LogP contribution in [0.1, 0.15) is 15.9 Å². The minimum Gasteiger partial charge on any atom is -0.306 e. The van der Waals surface area contributed by atoms with Crippen LogP contribution >= 0.6 is 31.9 Å². The Balaban J connectivity index is 2.23. The Morgan fingerprint density at radius 1 is 1.32 bits per heavy atom. The summed E-state index contributed by atoms with van der Waals surface area (Å²) in [4.78, 5) is 16.1. The highest BCUT2D eigenvalue weighted by atomic mass is 79.9. The molecule has 1 N–H and O–H groups in total. The number of hydrogen-bond acceptors (Lipinski definition) is 2. The molecule has 0 saturated heterocycles. The SMILES string of the molecule is Cc1cc(Br)cnc1NC(=O)c1ccc(F)c(Br)c1. The van der Waals surface area contributed by atoms with Crippen molar-refractivity contribution in [3.8, 4) is 0 Å². The van der Waals surface area contributed by atoms with Gasteiger partial charge in [0.05, 0.1) is 4.47 Å². The molecule has 0 unspecified atom stereocenters. The topological polar surface area (TPSA) is 42.0 Å². The normalized spacial score (nSPS) is 10.3. The first-order valence-corrected chi connectivity index (χ1v) is 6.94. The summed E-state index contributed by atoms with van der Waals surface area (Å²) in [6, 6.07) is 5.94. The number of anilines is 1. The van der Waals surface area contributed by atoms with Gasteiger partial charge in [0.25, 0.3) is 5.91 Å². The number of carbonyl (C=O) groups is 1. The molecule has 0 aliphatic rings. The minimum absolute atomic E-state index is 0.251. The lowest BCUT2D eigenvalue weighted by Crippen LogP contribution is -2.14. The summed E-state index contributed by atoms with van der Waals surface area (Å²) in [5, 5.41) is 2.69. The molecule has 98 valence electrons. The molecule has 0 saturated carbocycles. The fraction of sp³-hybridized carbons (Fsp3) is 0.0769. The van der Waals surface area contributed by atoms with Crippen LogP contribution in [-0.2, 0) is 0 Å². The van der Waals surface area contributed by atoms with E-state index in [0.717, 1.165) is 10.0 Å². The average Bonchev–Trinajstić information content (AvgIpc) is 2.36. The number of aryl methyl sites for hydroxylation is 1. The Morgan fingerprint density at radius 2 is 2.05 bits per heavy atom. The van der Waals surface area contributed by atoms with Crippen LogP contribution in [0.15, 0.2) is 39.4 Å². The summed E-state index contributed by atoms with van der Waals surface area (Å²) in [7, 11) is 0. The van der Waals surface area contributed by atoms with E-state index in [9.17, 15) is 9.18 Å². The maximum atomic E-state index is 13.1. The number of halogens is 3. The van der Waals surface area contributed by atoms with Crippen LogP contribution in [-0.4, -0.2) is 10.9 Å². The zero-order valence-electron chi connectivity index (χ0n) is 9.88. The summed E-state index contributed by atoms with van der Waals surface area (Å²) in [5.41, 5.74) is 1.20. The van der Waals surface area contributed by atoms with E-state index in [1.807, 2.05) is 13.0 Å². The van der Waals surface area contributed by atoms with Crippen molar-refractivity contribution in [2.45, 2.75) is 6.92 Å². The second-order valence-corrected chi connectivity index (χ2v) is 5.67. The Labute approximate surface area is 126 Å². The molecule has 2 aromatic rings. The van der Waals surface area contributed by atoms with Crippen molar-refractivity contribution in [1.82, 2.24) is 4.98 Å². The zero-order chi connectivity index (χ0) is 14.0. The first kappa shape index (κ1) is 14.1. The highest BCUT2D eigenvalue weighted by molar-refractivity contribution is 9.10. The zero-order valence-corrected chi connectivity index (χ0v) is 13.0. The van der Waals surface area contributed by atoms with E-state index in [2.05, 4.69) is 42.2 Å². The molecule has 0 aliphatic heterocycles. The number of nitrogens with one attached hydrogen (secondary N) is 1. The van der Waals surface area contributed by atoms with Gasteiger partial charge in [-0.1, -0.05) is 0 Å². The van der Waals surface area contributed by atoms with E-state index in [1.54, 1.807) is 6.20 Å². The summed E-state index contributed by atoms with van der Waals surface area (Å²) < 4.78 is 14.2. The van der Waals surface area contributed by atoms with Crippen LogP contribution in [0.4, 0.5) is 10.2 Å². The van der Waals surface area contributed by atoms with Crippen LogP contribution in [0, 0.1) is 12.7 Å². The van der Waals surface area contributed by atoms with E-state index in [4.69, 9.17) is 0 Å². The standard InChI is InChI=1S/C13H9Br2FN2O/c1-7-4-9(14)6-17-12(7)18-13(19)8-2-3-11(16)10(15)5-8/h2-6H,1H3,(H,17,18,19). The van der Waals surface area contributed by atoms with Gasteiger partial charge < -0.3 is 5.32 Å². The number of carbonyl (C=O) groups excluding carboxylic acids is 1. The van der Waals surface area contributed by atoms with Gasteiger partial charge in [-0.05, 0) is 68.6 Å². The molecule has 6 heteroatoms. The highest BCUT2D eigenvalue weighted by Gasteiger charge is 2.10. The Bertz CT molecular complexity index is 647. The molecular formula is C13H9Br2FN2O. The predicted molar refractivity (Wildman–Crippen MR) is 78.7 cm³/mol. The first-order chi connectivity index (χ1) is 8.97. The lowest BCUT2D eigenvalue weighted by Gasteiger charge is -2.08. The summed E-state index contributed by atoms with van der Waals surface area (Å²) in [6.07, 6.45) is 1.60. The van der Waals surface area contributed by atoms with Gasteiger partial charge >= 0.3 is 0 Å². The van der Waals surface area contributed by atoms with Crippen LogP contribution in [0.5, 0.6) is 0 Å². The van der Waals surface area contributed by atoms with E-state index < -0.39 is 5.82 Å². The van der Waals surface area contributed by atoms with Gasteiger partial charge in [-0.25, -0.2) is 9.37 Å². The molecule has 0 spiro atoms. The fourth-order valence-corrected chi connectivity index (χ4v) is 2.31. The van der Waals surface area contributed by atoms with Crippen molar-refractivity contribution in [1.29, 1.82) is 0 Å². The molecule has 0 aliphatic carbocycles. The quantitative estimate of drug-likeness (QED) is 0.834. The van der Waals surface area contributed by atoms with Gasteiger partial charge in [-0.15, -0.1) is 0 Å². The lowest BCUT2D eigenvalue weighted by molar-refractivity contribution is 0.102. The molecule has 1 amide bonds. The maximum absolute atomic E-state index is 13.1. The van der Waals surface area contributed by atoms with Crippen molar-refractivity contribution in [3.63, 3.8) is 0 Å². The third kappa shape index (κ3) is 3.39. The number of hydrogen-bond donors (Lipinski definition) is 1. The van der Waals surface area contributed by atoms with Gasteiger partial charge in [0.15, 0.2) is 0 Å². The number of benzene rings is 1. The van der Waals surface area contributed by atoms with Crippen LogP contribution in [0.2, 0.25) is 0 Å². The number of nitrogens with zero attached hydrogens (tertiary/aromatic N) is 1. The van der Waals surface area contributed by atoms with Crippen molar-refractivity contribution < 1.29 is 9.18 Å². The molecule has 0 fully saturated rings. The van der Waals surface area contributed by atoms with Gasteiger partial charge in [0.1, 0.15) is 11.6 Å². The fourth-order valence-electron chi connectivity index (χ4n) is 1.49. The molecular weight excluding hydrogens is 379 g/mol. The number of pyridine rings is 1. The Kier molecular flexibility index (Phi) is 4.31. The predicted octanol–water partition coefficient (Wildman–Crippen LogP) is 4.31. The summed E-state index contributed by atoms with van der Waals surface area (Å²) >= 11 is 6.35. The van der Waals surface area contributed by atoms with E-state index in [1.165, 1.54) is 18.2 Å². The largest absolute Gasteiger partial charge is 0.306 e. The average molecular weight is 388 g/mol. The molecule has 1 aromatic heterocycles. The molecule has 0 bridgehead atoms. The monoisotopic (exact) mass is 386 g/mol. The van der Waals surface area contributed by atoms with Gasteiger partial charge in [-0.2, -0.15) is 0 Å². The van der Waals surface area contributed by atoms with Crippen molar-refractivity contribution in [2.75, 3.05) is 5.32 Å². The molecule has 1 aromatic carbocycles. The highest BCUT2D eigenvalue weighted by Crippen LogP contribution is 2.20. The molecule has 3 nitrogen and oxygen atoms in total. The number of amides is 1. The molecule has 1 heterocycles. The summed E-state index contributed by atoms with van der Waals surface area (Å²) in [6.45, 7) is 1.84. The van der Waals surface area contributed by atoms with Crippen LogP contribution in [0.25, 0.3) is 0 Å². The second kappa shape index (κ2) is 5.79. The van der Waals surface area contributed by atoms with Crippen LogP contribution < -0.4 is 5.32 Å². The smallest absolute Gasteiger partial charge is 0.256 e. The van der Waals surface area contributed by atoms with Crippen LogP contribution in [0.3, 0.4) is 0 Å². The van der Waals surface area contributed by atoms with Gasteiger partial charge in [0, 0.05) is 16.2 Å². The van der Waals surface area contributed by atoms with Gasteiger partial charge in [-0.3, -0.25) is 4.79 Å². The molecule has 0 atom stereocenters.